The Balaban J connectivity index is 1.62. The van der Waals surface area contributed by atoms with Crippen LogP contribution < -0.4 is 4.74 Å². The van der Waals surface area contributed by atoms with Crippen molar-refractivity contribution in [3.05, 3.63) is 59.9 Å². The summed E-state index contributed by atoms with van der Waals surface area (Å²) in [4.78, 5) is 6.86. The zero-order valence-electron chi connectivity index (χ0n) is 17.7. The molecule has 1 aliphatic rings. The summed E-state index contributed by atoms with van der Waals surface area (Å²) in [5, 5.41) is 10.7. The van der Waals surface area contributed by atoms with Crippen LogP contribution in [0.1, 0.15) is 58.2 Å². The number of aliphatic hydroxyl groups excluding tert-OH is 1. The lowest BCUT2D eigenvalue weighted by molar-refractivity contribution is -0.0607. The van der Waals surface area contributed by atoms with E-state index in [4.69, 9.17) is 4.74 Å². The van der Waals surface area contributed by atoms with E-state index in [0.29, 0.717) is 13.2 Å². The summed E-state index contributed by atoms with van der Waals surface area (Å²) in [6.07, 6.45) is 5.57. The average molecular weight is 383 g/mol. The molecule has 1 unspecified atom stereocenters. The number of piperidine rings is 1. The van der Waals surface area contributed by atoms with Crippen LogP contribution in [-0.4, -0.2) is 45.3 Å². The molecule has 1 aromatic carbocycles. The predicted octanol–water partition coefficient (Wildman–Crippen LogP) is 4.46. The predicted molar refractivity (Wildman–Crippen MR) is 114 cm³/mol. The zero-order chi connectivity index (χ0) is 20.2. The molecule has 0 radical (unpaired) electrons. The van der Waals surface area contributed by atoms with E-state index in [1.807, 2.05) is 42.6 Å². The quantitative estimate of drug-likeness (QED) is 0.768. The molecule has 152 valence electrons. The fraction of sp³-hybridized carbons (Fsp3) is 0.542. The summed E-state index contributed by atoms with van der Waals surface area (Å²) in [5.74, 6) is 0.823. The molecule has 28 heavy (non-hydrogen) atoms. The van der Waals surface area contributed by atoms with Gasteiger partial charge >= 0.3 is 0 Å². The van der Waals surface area contributed by atoms with E-state index in [9.17, 15) is 5.11 Å². The number of rotatable bonds is 7. The van der Waals surface area contributed by atoms with Crippen LogP contribution in [0.3, 0.4) is 0 Å². The highest BCUT2D eigenvalue weighted by Crippen LogP contribution is 2.38. The minimum atomic E-state index is -0.528. The number of aromatic nitrogens is 1. The van der Waals surface area contributed by atoms with Gasteiger partial charge in [0.15, 0.2) is 0 Å². The van der Waals surface area contributed by atoms with Crippen LogP contribution in [0.5, 0.6) is 5.75 Å². The average Bonchev–Trinajstić information content (AvgIpc) is 2.65. The smallest absolute Gasteiger partial charge is 0.123 e. The fourth-order valence-corrected chi connectivity index (χ4v) is 4.48. The number of pyridine rings is 1. The van der Waals surface area contributed by atoms with Gasteiger partial charge in [0.2, 0.25) is 0 Å². The molecular weight excluding hydrogens is 348 g/mol. The van der Waals surface area contributed by atoms with Gasteiger partial charge in [-0.1, -0.05) is 24.3 Å². The lowest BCUT2D eigenvalue weighted by Crippen LogP contribution is -2.60. The van der Waals surface area contributed by atoms with Gasteiger partial charge in [-0.2, -0.15) is 0 Å². The lowest BCUT2D eigenvalue weighted by atomic mass is 9.79. The van der Waals surface area contributed by atoms with Crippen LogP contribution in [0.15, 0.2) is 48.7 Å². The number of aliphatic hydroxyl groups is 1. The van der Waals surface area contributed by atoms with Crippen LogP contribution in [0, 0.1) is 0 Å². The maximum atomic E-state index is 10.7. The van der Waals surface area contributed by atoms with E-state index in [1.165, 1.54) is 6.42 Å². The number of likely N-dealkylation sites (tertiary alicyclic amines) is 1. The number of hydrogen-bond acceptors (Lipinski definition) is 4. The second-order valence-electron chi connectivity index (χ2n) is 9.16. The summed E-state index contributed by atoms with van der Waals surface area (Å²) in [7, 11) is 0. The highest BCUT2D eigenvalue weighted by Gasteiger charge is 2.41. The number of ether oxygens (including phenoxy) is 1. The molecule has 1 fully saturated rings. The summed E-state index contributed by atoms with van der Waals surface area (Å²) in [5.41, 5.74) is 2.29. The molecule has 0 aliphatic carbocycles. The molecule has 2 heterocycles. The van der Waals surface area contributed by atoms with Gasteiger partial charge in [-0.3, -0.25) is 9.88 Å². The first-order valence-corrected chi connectivity index (χ1v) is 10.3. The minimum absolute atomic E-state index is 0.0968. The Labute approximate surface area is 169 Å². The van der Waals surface area contributed by atoms with Crippen molar-refractivity contribution in [3.8, 4) is 5.75 Å². The Bertz CT molecular complexity index is 742. The number of para-hydroxylation sites is 1. The lowest BCUT2D eigenvalue weighted by Gasteiger charge is -2.53. The Morgan fingerprint density at radius 2 is 1.71 bits per heavy atom. The molecule has 0 bridgehead atoms. The normalized spacial score (nSPS) is 19.9. The molecule has 4 nitrogen and oxygen atoms in total. The second kappa shape index (κ2) is 8.62. The molecule has 4 heteroatoms. The van der Waals surface area contributed by atoms with Crippen molar-refractivity contribution in [2.75, 3.05) is 13.2 Å². The van der Waals surface area contributed by atoms with Crippen molar-refractivity contribution in [3.63, 3.8) is 0 Å². The SMILES string of the molecule is CC1(C)CCCC(C)(C)N1CC(O)COc1ccccc1Cc1ccccn1. The van der Waals surface area contributed by atoms with Crippen molar-refractivity contribution in [1.82, 2.24) is 9.88 Å². The van der Waals surface area contributed by atoms with E-state index in [0.717, 1.165) is 36.3 Å². The first-order chi connectivity index (χ1) is 13.3. The zero-order valence-corrected chi connectivity index (χ0v) is 17.7. The first kappa shape index (κ1) is 20.8. The standard InChI is InChI=1S/C24H34N2O2/c1-23(2)13-9-14-24(3,4)26(23)17-21(27)18-28-22-12-6-5-10-19(22)16-20-11-7-8-15-25-20/h5-8,10-12,15,21,27H,9,13-14,16-18H2,1-4H3. The minimum Gasteiger partial charge on any atom is -0.491 e. The van der Waals surface area contributed by atoms with Crippen molar-refractivity contribution in [2.45, 2.75) is 70.6 Å². The monoisotopic (exact) mass is 382 g/mol. The largest absolute Gasteiger partial charge is 0.491 e. The summed E-state index contributed by atoms with van der Waals surface area (Å²) in [6.45, 7) is 10.0. The van der Waals surface area contributed by atoms with E-state index in [-0.39, 0.29) is 11.1 Å². The third-order valence-corrected chi connectivity index (χ3v) is 5.93. The fourth-order valence-electron chi connectivity index (χ4n) is 4.48. The Morgan fingerprint density at radius 1 is 1.04 bits per heavy atom. The third-order valence-electron chi connectivity index (χ3n) is 5.93. The summed E-state index contributed by atoms with van der Waals surface area (Å²) in [6, 6.07) is 14.0. The molecule has 0 spiro atoms. The summed E-state index contributed by atoms with van der Waals surface area (Å²) >= 11 is 0. The molecule has 1 atom stereocenters. The van der Waals surface area contributed by atoms with Crippen LogP contribution in [0.2, 0.25) is 0 Å². The molecule has 0 amide bonds. The second-order valence-corrected chi connectivity index (χ2v) is 9.16. The molecule has 2 aromatic rings. The van der Waals surface area contributed by atoms with E-state index >= 15 is 0 Å². The van der Waals surface area contributed by atoms with Gasteiger partial charge in [-0.15, -0.1) is 0 Å². The van der Waals surface area contributed by atoms with Crippen LogP contribution in [-0.2, 0) is 6.42 Å². The number of nitrogens with zero attached hydrogens (tertiary/aromatic N) is 2. The van der Waals surface area contributed by atoms with Crippen LogP contribution >= 0.6 is 0 Å². The first-order valence-electron chi connectivity index (χ1n) is 10.3. The maximum absolute atomic E-state index is 10.7. The van der Waals surface area contributed by atoms with Gasteiger partial charge in [0.05, 0.1) is 0 Å². The third kappa shape index (κ3) is 5.12. The highest BCUT2D eigenvalue weighted by atomic mass is 16.5. The Hall–Kier alpha value is -1.91. The molecule has 1 aliphatic heterocycles. The van der Waals surface area contributed by atoms with Crippen molar-refractivity contribution >= 4 is 0 Å². The molecule has 0 saturated carbocycles. The molecule has 3 rings (SSSR count). The number of β-amino-alcohol motifs (C(OH)–C–C–N with tert-alkyl or cyclic N) is 1. The number of hydrogen-bond donors (Lipinski definition) is 1. The van der Waals surface area contributed by atoms with Crippen molar-refractivity contribution in [1.29, 1.82) is 0 Å². The van der Waals surface area contributed by atoms with Gasteiger partial charge in [-0.25, -0.2) is 0 Å². The van der Waals surface area contributed by atoms with Gasteiger partial charge in [0.1, 0.15) is 18.5 Å². The van der Waals surface area contributed by atoms with E-state index in [2.05, 4.69) is 43.6 Å². The topological polar surface area (TPSA) is 45.6 Å². The van der Waals surface area contributed by atoms with Gasteiger partial charge in [-0.05, 0) is 65.2 Å². The van der Waals surface area contributed by atoms with Crippen LogP contribution in [0.4, 0.5) is 0 Å². The van der Waals surface area contributed by atoms with E-state index < -0.39 is 6.10 Å². The Kier molecular flexibility index (Phi) is 6.41. The van der Waals surface area contributed by atoms with Gasteiger partial charge in [0.25, 0.3) is 0 Å². The highest BCUT2D eigenvalue weighted by molar-refractivity contribution is 5.36. The maximum Gasteiger partial charge on any atom is 0.123 e. The van der Waals surface area contributed by atoms with Crippen LogP contribution in [0.25, 0.3) is 0 Å². The molecule has 1 saturated heterocycles. The molecule has 1 N–H and O–H groups in total. The van der Waals surface area contributed by atoms with Crippen molar-refractivity contribution < 1.29 is 9.84 Å². The molecular formula is C24H34N2O2. The summed E-state index contributed by atoms with van der Waals surface area (Å²) < 4.78 is 6.04. The number of benzene rings is 1. The molecule has 1 aromatic heterocycles. The Morgan fingerprint density at radius 3 is 2.39 bits per heavy atom. The van der Waals surface area contributed by atoms with E-state index in [1.54, 1.807) is 0 Å². The van der Waals surface area contributed by atoms with Gasteiger partial charge in [0, 0.05) is 41.5 Å². The van der Waals surface area contributed by atoms with Gasteiger partial charge < -0.3 is 9.84 Å². The van der Waals surface area contributed by atoms with Crippen molar-refractivity contribution in [2.24, 2.45) is 0 Å².